The van der Waals surface area contributed by atoms with Gasteiger partial charge in [0.2, 0.25) is 5.91 Å². The van der Waals surface area contributed by atoms with Gasteiger partial charge in [-0.3, -0.25) is 9.80 Å². The van der Waals surface area contributed by atoms with E-state index in [1.165, 1.54) is 0 Å². The molecule has 2 rings (SSSR count). The fraction of sp³-hybridized carbons (Fsp3) is 0.300. The molecule has 26 heavy (non-hydrogen) atoms. The maximum atomic E-state index is 11.8. The molecular weight excluding hydrogens is 344 g/mol. The number of unbranched alkanes of at least 4 members (excludes halogenated alkanes) is 1. The predicted molar refractivity (Wildman–Crippen MR) is 110 cm³/mol. The first kappa shape index (κ1) is 19.7. The maximum absolute atomic E-state index is 11.8. The van der Waals surface area contributed by atoms with Gasteiger partial charge in [-0.2, -0.15) is 5.26 Å². The number of nitrogens with zero attached hydrogens (tertiary/aromatic N) is 2. The molecule has 2 aromatic carbocycles. The molecule has 0 aliphatic heterocycles. The number of carbonyl (C=O) groups is 1. The Morgan fingerprint density at radius 1 is 1.12 bits per heavy atom. The third kappa shape index (κ3) is 5.71. The highest BCUT2D eigenvalue weighted by molar-refractivity contribution is 7.98. The van der Waals surface area contributed by atoms with Crippen molar-refractivity contribution < 1.29 is 4.79 Å². The Kier molecular flexibility index (Phi) is 7.84. The lowest BCUT2D eigenvalue weighted by Crippen LogP contribution is -2.34. The first-order chi connectivity index (χ1) is 12.7. The summed E-state index contributed by atoms with van der Waals surface area (Å²) in [6.07, 6.45) is 6.43. The van der Waals surface area contributed by atoms with Crippen LogP contribution in [0.25, 0.3) is 11.1 Å². The summed E-state index contributed by atoms with van der Waals surface area (Å²) < 4.78 is 0. The van der Waals surface area contributed by atoms with E-state index in [1.54, 1.807) is 16.8 Å². The van der Waals surface area contributed by atoms with Gasteiger partial charge in [-0.25, -0.2) is 5.43 Å². The topological polar surface area (TPSA) is 68.2 Å². The van der Waals surface area contributed by atoms with E-state index in [4.69, 9.17) is 5.26 Å². The van der Waals surface area contributed by atoms with Gasteiger partial charge in [0.05, 0.1) is 11.6 Å². The fourth-order valence-corrected chi connectivity index (χ4v) is 2.97. The average molecular weight is 369 g/mol. The lowest BCUT2D eigenvalue weighted by atomic mass is 10.0. The van der Waals surface area contributed by atoms with Crippen LogP contribution >= 0.6 is 11.8 Å². The van der Waals surface area contributed by atoms with Crippen molar-refractivity contribution in [1.29, 1.82) is 5.26 Å². The van der Waals surface area contributed by atoms with Crippen molar-refractivity contribution in [2.45, 2.75) is 26.2 Å². The first-order valence-corrected chi connectivity index (χ1v) is 9.99. The van der Waals surface area contributed by atoms with Crippen molar-refractivity contribution in [3.05, 3.63) is 48.5 Å². The number of benzene rings is 2. The van der Waals surface area contributed by atoms with Gasteiger partial charge in [0.15, 0.2) is 6.19 Å². The Balaban J connectivity index is 2.04. The van der Waals surface area contributed by atoms with Crippen molar-refractivity contribution in [1.82, 2.24) is 5.43 Å². The van der Waals surface area contributed by atoms with Gasteiger partial charge in [-0.15, -0.1) is 11.8 Å². The SMILES string of the molecule is CCCCC(=O)Nc1ccc(-c2ccc(N(CSC)NC#N)cc2)cc1. The van der Waals surface area contributed by atoms with Crippen LogP contribution in [0.1, 0.15) is 26.2 Å². The van der Waals surface area contributed by atoms with E-state index >= 15 is 0 Å². The van der Waals surface area contributed by atoms with Crippen LogP contribution in [0.5, 0.6) is 0 Å². The second-order valence-corrected chi connectivity index (χ2v) is 6.68. The zero-order valence-electron chi connectivity index (χ0n) is 15.2. The number of nitriles is 1. The molecule has 0 radical (unpaired) electrons. The molecule has 0 aromatic heterocycles. The molecule has 0 atom stereocenters. The third-order valence-corrected chi connectivity index (χ3v) is 4.40. The number of hydrogen-bond acceptors (Lipinski definition) is 5. The van der Waals surface area contributed by atoms with Crippen molar-refractivity contribution in [2.24, 2.45) is 0 Å². The molecule has 0 aliphatic carbocycles. The molecule has 0 spiro atoms. The quantitative estimate of drug-likeness (QED) is 0.293. The minimum Gasteiger partial charge on any atom is -0.326 e. The summed E-state index contributed by atoms with van der Waals surface area (Å²) in [5.74, 6) is 0.738. The van der Waals surface area contributed by atoms with Gasteiger partial charge < -0.3 is 5.32 Å². The normalized spacial score (nSPS) is 10.0. The fourth-order valence-electron chi connectivity index (χ4n) is 2.50. The van der Waals surface area contributed by atoms with Gasteiger partial charge in [-0.1, -0.05) is 37.6 Å². The van der Waals surface area contributed by atoms with E-state index in [2.05, 4.69) is 17.7 Å². The Morgan fingerprint density at radius 3 is 2.27 bits per heavy atom. The molecule has 0 heterocycles. The third-order valence-electron chi connectivity index (χ3n) is 3.88. The zero-order valence-corrected chi connectivity index (χ0v) is 16.0. The lowest BCUT2D eigenvalue weighted by molar-refractivity contribution is -0.116. The number of hydrogen-bond donors (Lipinski definition) is 2. The number of hydrazine groups is 1. The molecule has 136 valence electrons. The van der Waals surface area contributed by atoms with E-state index in [9.17, 15) is 4.79 Å². The van der Waals surface area contributed by atoms with Crippen LogP contribution in [0.3, 0.4) is 0 Å². The average Bonchev–Trinajstić information content (AvgIpc) is 2.67. The maximum Gasteiger partial charge on any atom is 0.224 e. The summed E-state index contributed by atoms with van der Waals surface area (Å²) in [4.78, 5) is 11.8. The standard InChI is InChI=1S/C20H24N4OS/c1-3-4-5-20(25)23-18-10-6-16(7-11-18)17-8-12-19(13-9-17)24(15-26-2)22-14-21/h6-13,22H,3-5,15H2,1-2H3,(H,23,25). The lowest BCUT2D eigenvalue weighted by Gasteiger charge is -2.21. The van der Waals surface area contributed by atoms with Crippen LogP contribution in [0.2, 0.25) is 0 Å². The molecule has 1 amide bonds. The molecule has 2 N–H and O–H groups in total. The minimum absolute atomic E-state index is 0.0582. The van der Waals surface area contributed by atoms with Gasteiger partial charge in [-0.05, 0) is 48.1 Å². The highest BCUT2D eigenvalue weighted by atomic mass is 32.2. The Hall–Kier alpha value is -2.65. The van der Waals surface area contributed by atoms with Crippen LogP contribution in [0.15, 0.2) is 48.5 Å². The zero-order chi connectivity index (χ0) is 18.8. The van der Waals surface area contributed by atoms with E-state index in [0.29, 0.717) is 12.3 Å². The van der Waals surface area contributed by atoms with E-state index in [0.717, 1.165) is 35.3 Å². The molecule has 0 unspecified atom stereocenters. The van der Waals surface area contributed by atoms with E-state index < -0.39 is 0 Å². The summed E-state index contributed by atoms with van der Waals surface area (Å²) in [5.41, 5.74) is 6.59. The molecule has 0 fully saturated rings. The van der Waals surface area contributed by atoms with Crippen LogP contribution < -0.4 is 15.8 Å². The summed E-state index contributed by atoms with van der Waals surface area (Å²) in [6.45, 7) is 2.07. The van der Waals surface area contributed by atoms with Crippen LogP contribution in [-0.4, -0.2) is 18.0 Å². The molecule has 2 aromatic rings. The molecule has 0 bridgehead atoms. The molecule has 6 heteroatoms. The van der Waals surface area contributed by atoms with Crippen LogP contribution in [-0.2, 0) is 4.79 Å². The van der Waals surface area contributed by atoms with Crippen LogP contribution in [0, 0.1) is 11.5 Å². The van der Waals surface area contributed by atoms with E-state index in [1.807, 2.05) is 61.0 Å². The highest BCUT2D eigenvalue weighted by Gasteiger charge is 2.06. The number of anilines is 2. The van der Waals surface area contributed by atoms with Crippen molar-refractivity contribution in [3.8, 4) is 17.3 Å². The molecule has 0 aliphatic rings. The van der Waals surface area contributed by atoms with Crippen molar-refractivity contribution >= 4 is 29.0 Å². The number of nitrogens with one attached hydrogen (secondary N) is 2. The van der Waals surface area contributed by atoms with Crippen molar-refractivity contribution in [3.63, 3.8) is 0 Å². The summed E-state index contributed by atoms with van der Waals surface area (Å²) in [5, 5.41) is 13.6. The Bertz CT molecular complexity index is 738. The minimum atomic E-state index is 0.0582. The number of rotatable bonds is 9. The smallest absolute Gasteiger partial charge is 0.224 e. The molecule has 0 saturated heterocycles. The Morgan fingerprint density at radius 2 is 1.73 bits per heavy atom. The van der Waals surface area contributed by atoms with Crippen LogP contribution in [0.4, 0.5) is 11.4 Å². The number of carbonyl (C=O) groups excluding carboxylic acids is 1. The monoisotopic (exact) mass is 368 g/mol. The van der Waals surface area contributed by atoms with Crippen molar-refractivity contribution in [2.75, 3.05) is 22.5 Å². The summed E-state index contributed by atoms with van der Waals surface area (Å²) in [6, 6.07) is 15.9. The summed E-state index contributed by atoms with van der Waals surface area (Å²) in [7, 11) is 0. The molecule has 0 saturated carbocycles. The second kappa shape index (κ2) is 10.4. The number of amides is 1. The highest BCUT2D eigenvalue weighted by Crippen LogP contribution is 2.24. The summed E-state index contributed by atoms with van der Waals surface area (Å²) >= 11 is 1.63. The van der Waals surface area contributed by atoms with E-state index in [-0.39, 0.29) is 5.91 Å². The van der Waals surface area contributed by atoms with Gasteiger partial charge in [0, 0.05) is 12.1 Å². The Labute approximate surface area is 159 Å². The predicted octanol–water partition coefficient (Wildman–Crippen LogP) is 4.59. The van der Waals surface area contributed by atoms with Gasteiger partial charge >= 0.3 is 0 Å². The first-order valence-electron chi connectivity index (χ1n) is 8.59. The molecule has 5 nitrogen and oxygen atoms in total. The largest absolute Gasteiger partial charge is 0.326 e. The van der Waals surface area contributed by atoms with Gasteiger partial charge in [0.25, 0.3) is 0 Å². The van der Waals surface area contributed by atoms with Gasteiger partial charge in [0.1, 0.15) is 0 Å². The second-order valence-electron chi connectivity index (χ2n) is 5.85. The molecular formula is C20H24N4OS. The number of thioether (sulfide) groups is 1.